The van der Waals surface area contributed by atoms with E-state index in [1.54, 1.807) is 30.3 Å². The molecule has 0 saturated carbocycles. The Morgan fingerprint density at radius 1 is 0.867 bits per heavy atom. The van der Waals surface area contributed by atoms with Crippen molar-refractivity contribution >= 4 is 32.7 Å². The van der Waals surface area contributed by atoms with Gasteiger partial charge in [-0.15, -0.1) is 11.3 Å². The van der Waals surface area contributed by atoms with Crippen LogP contribution in [0.1, 0.15) is 0 Å². The Balaban J connectivity index is 1.59. The van der Waals surface area contributed by atoms with Crippen molar-refractivity contribution < 1.29 is 8.42 Å². The summed E-state index contributed by atoms with van der Waals surface area (Å²) in [7, 11) is 0.163. The first kappa shape index (κ1) is 20.1. The molecule has 1 aromatic heterocycles. The summed E-state index contributed by atoms with van der Waals surface area (Å²) in [5, 5.41) is 2.85. The van der Waals surface area contributed by atoms with Gasteiger partial charge in [0.05, 0.1) is 10.6 Å². The van der Waals surface area contributed by atoms with E-state index in [2.05, 4.69) is 9.71 Å². The maximum Gasteiger partial charge on any atom is 0.261 e. The molecule has 3 aromatic carbocycles. The monoisotopic (exact) mass is 435 g/mol. The summed E-state index contributed by atoms with van der Waals surface area (Å²) in [4.78, 5) is 6.84. The fourth-order valence-corrected chi connectivity index (χ4v) is 4.92. The zero-order chi connectivity index (χ0) is 21.1. The van der Waals surface area contributed by atoms with E-state index in [-0.39, 0.29) is 4.90 Å². The molecule has 0 bridgehead atoms. The molecule has 0 spiro atoms. The molecule has 0 atom stereocenters. The molecule has 0 saturated heterocycles. The number of hydrogen-bond acceptors (Lipinski definition) is 5. The average molecular weight is 436 g/mol. The lowest BCUT2D eigenvalue weighted by Crippen LogP contribution is -2.13. The normalized spacial score (nSPS) is 11.3. The standard InChI is InChI=1S/C23H21N3O2S2/c1-26(2)20-13-11-19(12-14-20)25-30(27,28)21-10-6-9-18(15-21)22-16-29-23(24-22)17-7-4-3-5-8-17/h3-16,25H,1-2H3. The van der Waals surface area contributed by atoms with Crippen LogP contribution in [0, 0.1) is 0 Å². The largest absolute Gasteiger partial charge is 0.378 e. The van der Waals surface area contributed by atoms with Gasteiger partial charge in [-0.05, 0) is 36.4 Å². The van der Waals surface area contributed by atoms with Gasteiger partial charge in [0, 0.05) is 42.0 Å². The number of nitrogens with zero attached hydrogens (tertiary/aromatic N) is 2. The maximum absolute atomic E-state index is 12.9. The molecule has 5 nitrogen and oxygen atoms in total. The van der Waals surface area contributed by atoms with Crippen LogP contribution in [0.5, 0.6) is 0 Å². The number of benzene rings is 3. The number of thiazole rings is 1. The Bertz CT molecular complexity index is 1250. The zero-order valence-electron chi connectivity index (χ0n) is 16.6. The Morgan fingerprint density at radius 2 is 1.57 bits per heavy atom. The van der Waals surface area contributed by atoms with Crippen LogP contribution in [0.15, 0.2) is 89.1 Å². The van der Waals surface area contributed by atoms with Crippen LogP contribution < -0.4 is 9.62 Å². The maximum atomic E-state index is 12.9. The predicted molar refractivity (Wildman–Crippen MR) is 125 cm³/mol. The molecule has 0 amide bonds. The van der Waals surface area contributed by atoms with Gasteiger partial charge < -0.3 is 4.90 Å². The highest BCUT2D eigenvalue weighted by atomic mass is 32.2. The van der Waals surface area contributed by atoms with Gasteiger partial charge in [-0.1, -0.05) is 42.5 Å². The van der Waals surface area contributed by atoms with E-state index < -0.39 is 10.0 Å². The van der Waals surface area contributed by atoms with Crippen molar-refractivity contribution in [2.24, 2.45) is 0 Å². The van der Waals surface area contributed by atoms with Crippen LogP contribution >= 0.6 is 11.3 Å². The Kier molecular flexibility index (Phi) is 5.57. The molecule has 4 aromatic rings. The molecule has 0 aliphatic rings. The average Bonchev–Trinajstić information content (AvgIpc) is 3.25. The van der Waals surface area contributed by atoms with E-state index >= 15 is 0 Å². The molecular formula is C23H21N3O2S2. The lowest BCUT2D eigenvalue weighted by molar-refractivity contribution is 0.601. The van der Waals surface area contributed by atoms with Crippen molar-refractivity contribution in [3.63, 3.8) is 0 Å². The van der Waals surface area contributed by atoms with Crippen LogP contribution in [0.25, 0.3) is 21.8 Å². The lowest BCUT2D eigenvalue weighted by Gasteiger charge is -2.13. The van der Waals surface area contributed by atoms with Crippen LogP contribution in [-0.2, 0) is 10.0 Å². The highest BCUT2D eigenvalue weighted by Crippen LogP contribution is 2.30. The molecule has 0 radical (unpaired) electrons. The van der Waals surface area contributed by atoms with Crippen LogP contribution in [0.3, 0.4) is 0 Å². The molecule has 1 N–H and O–H groups in total. The summed E-state index contributed by atoms with van der Waals surface area (Å²) in [6.45, 7) is 0. The number of rotatable bonds is 6. The molecular weight excluding hydrogens is 414 g/mol. The second kappa shape index (κ2) is 8.30. The van der Waals surface area contributed by atoms with E-state index in [0.717, 1.165) is 27.5 Å². The number of anilines is 2. The fourth-order valence-electron chi connectivity index (χ4n) is 2.98. The Hall–Kier alpha value is -3.16. The first-order valence-corrected chi connectivity index (χ1v) is 11.7. The van der Waals surface area contributed by atoms with E-state index in [1.807, 2.05) is 72.9 Å². The Labute approximate surface area is 180 Å². The molecule has 7 heteroatoms. The van der Waals surface area contributed by atoms with Crippen molar-refractivity contribution in [3.05, 3.63) is 84.2 Å². The minimum Gasteiger partial charge on any atom is -0.378 e. The molecule has 0 unspecified atom stereocenters. The van der Waals surface area contributed by atoms with Gasteiger partial charge in [0.1, 0.15) is 5.01 Å². The van der Waals surface area contributed by atoms with Crippen molar-refractivity contribution in [2.45, 2.75) is 4.90 Å². The van der Waals surface area contributed by atoms with Crippen molar-refractivity contribution in [1.82, 2.24) is 4.98 Å². The quantitative estimate of drug-likeness (QED) is 0.444. The van der Waals surface area contributed by atoms with Crippen LogP contribution in [-0.4, -0.2) is 27.5 Å². The van der Waals surface area contributed by atoms with E-state index in [9.17, 15) is 8.42 Å². The summed E-state index contributed by atoms with van der Waals surface area (Å²) < 4.78 is 28.4. The third-order valence-corrected chi connectivity index (χ3v) is 6.87. The third kappa shape index (κ3) is 4.37. The summed E-state index contributed by atoms with van der Waals surface area (Å²) in [5.41, 5.74) is 4.08. The van der Waals surface area contributed by atoms with Gasteiger partial charge in [0.25, 0.3) is 10.0 Å². The number of hydrogen-bond donors (Lipinski definition) is 1. The summed E-state index contributed by atoms with van der Waals surface area (Å²) in [5.74, 6) is 0. The highest BCUT2D eigenvalue weighted by Gasteiger charge is 2.16. The SMILES string of the molecule is CN(C)c1ccc(NS(=O)(=O)c2cccc(-c3csc(-c4ccccc4)n3)c2)cc1. The van der Waals surface area contributed by atoms with E-state index in [1.165, 1.54) is 11.3 Å². The summed E-state index contributed by atoms with van der Waals surface area (Å²) in [6.07, 6.45) is 0. The minimum absolute atomic E-state index is 0.200. The molecule has 1 heterocycles. The second-order valence-electron chi connectivity index (χ2n) is 6.98. The van der Waals surface area contributed by atoms with Crippen molar-refractivity contribution in [2.75, 3.05) is 23.7 Å². The third-order valence-electron chi connectivity index (χ3n) is 4.60. The first-order chi connectivity index (χ1) is 14.4. The van der Waals surface area contributed by atoms with Gasteiger partial charge in [-0.2, -0.15) is 0 Å². The number of nitrogens with one attached hydrogen (secondary N) is 1. The highest BCUT2D eigenvalue weighted by molar-refractivity contribution is 7.92. The molecule has 0 aliphatic heterocycles. The predicted octanol–water partition coefficient (Wildman–Crippen LogP) is 5.34. The van der Waals surface area contributed by atoms with Crippen LogP contribution in [0.4, 0.5) is 11.4 Å². The van der Waals surface area contributed by atoms with E-state index in [0.29, 0.717) is 5.69 Å². The van der Waals surface area contributed by atoms with Crippen LogP contribution in [0.2, 0.25) is 0 Å². The van der Waals surface area contributed by atoms with Gasteiger partial charge in [0.2, 0.25) is 0 Å². The molecule has 0 fully saturated rings. The number of aromatic nitrogens is 1. The smallest absolute Gasteiger partial charge is 0.261 e. The lowest BCUT2D eigenvalue weighted by atomic mass is 10.2. The Morgan fingerprint density at radius 3 is 2.27 bits per heavy atom. The summed E-state index contributed by atoms with van der Waals surface area (Å²) in [6, 6.07) is 24.0. The molecule has 0 aliphatic carbocycles. The van der Waals surface area contributed by atoms with Crippen molar-refractivity contribution in [1.29, 1.82) is 0 Å². The van der Waals surface area contributed by atoms with Gasteiger partial charge in [0.15, 0.2) is 0 Å². The van der Waals surface area contributed by atoms with Crippen molar-refractivity contribution in [3.8, 4) is 21.8 Å². The number of sulfonamides is 1. The van der Waals surface area contributed by atoms with Gasteiger partial charge in [-0.3, -0.25) is 4.72 Å². The molecule has 30 heavy (non-hydrogen) atoms. The zero-order valence-corrected chi connectivity index (χ0v) is 18.2. The summed E-state index contributed by atoms with van der Waals surface area (Å²) >= 11 is 1.54. The molecule has 4 rings (SSSR count). The van der Waals surface area contributed by atoms with E-state index in [4.69, 9.17) is 0 Å². The fraction of sp³-hybridized carbons (Fsp3) is 0.0870. The van der Waals surface area contributed by atoms with Gasteiger partial charge >= 0.3 is 0 Å². The minimum atomic E-state index is -3.71. The van der Waals surface area contributed by atoms with Gasteiger partial charge in [-0.25, -0.2) is 13.4 Å². The topological polar surface area (TPSA) is 62.3 Å². The second-order valence-corrected chi connectivity index (χ2v) is 9.52. The molecule has 152 valence electrons. The first-order valence-electron chi connectivity index (χ1n) is 9.34.